The van der Waals surface area contributed by atoms with Crippen molar-refractivity contribution in [3.05, 3.63) is 88.0 Å². The van der Waals surface area contributed by atoms with Crippen molar-refractivity contribution in [2.24, 2.45) is 0 Å². The highest BCUT2D eigenvalue weighted by atomic mass is 14.3. The van der Waals surface area contributed by atoms with Crippen molar-refractivity contribution in [3.63, 3.8) is 0 Å². The summed E-state index contributed by atoms with van der Waals surface area (Å²) in [5.74, 6) is 0. The molecule has 0 amide bonds. The van der Waals surface area contributed by atoms with Crippen LogP contribution in [0.5, 0.6) is 0 Å². The number of hydrogen-bond acceptors (Lipinski definition) is 0. The minimum atomic E-state index is 0. The quantitative estimate of drug-likeness (QED) is 0.235. The van der Waals surface area contributed by atoms with E-state index in [0.717, 1.165) is 19.3 Å². The second kappa shape index (κ2) is 21.0. The molecule has 0 nitrogen and oxygen atoms in total. The third-order valence-corrected chi connectivity index (χ3v) is 5.00. The van der Waals surface area contributed by atoms with Crippen LogP contribution in [0.1, 0.15) is 131 Å². The van der Waals surface area contributed by atoms with Gasteiger partial charge in [0.2, 0.25) is 0 Å². The summed E-state index contributed by atoms with van der Waals surface area (Å²) >= 11 is 0. The van der Waals surface area contributed by atoms with Crippen molar-refractivity contribution < 1.29 is 0 Å². The molecule has 3 aromatic rings. The fraction of sp³-hybridized carbons (Fsp3) is 0.486. The van der Waals surface area contributed by atoms with Crippen LogP contribution in [0.4, 0.5) is 0 Å². The predicted octanol–water partition coefficient (Wildman–Crippen LogP) is 12.3. The van der Waals surface area contributed by atoms with Gasteiger partial charge in [-0.15, -0.1) is 0 Å². The zero-order chi connectivity index (χ0) is 21.9. The highest BCUT2D eigenvalue weighted by molar-refractivity contribution is 5.96. The van der Waals surface area contributed by atoms with Gasteiger partial charge in [-0.1, -0.05) is 159 Å². The first-order valence-electron chi connectivity index (χ1n) is 11.9. The Morgan fingerprint density at radius 3 is 1.63 bits per heavy atom. The predicted molar refractivity (Wildman–Crippen MR) is 170 cm³/mol. The summed E-state index contributed by atoms with van der Waals surface area (Å²) < 4.78 is 0. The molecule has 0 bridgehead atoms. The molecule has 0 fully saturated rings. The average Bonchev–Trinajstić information content (AvgIpc) is 2.75. The SMILES string of the molecule is C.C.C.C.C.C1=Cc2cccc3cc4c(c(c23)C1)Cc1ccccc1C4.CCC.CCC.CCC. The second-order valence-corrected chi connectivity index (χ2v) is 8.29. The maximum atomic E-state index is 2.42. The second-order valence-electron chi connectivity index (χ2n) is 8.29. The highest BCUT2D eigenvalue weighted by Gasteiger charge is 2.21. The normalized spacial score (nSPS) is 10.5. The first kappa shape index (κ1) is 39.9. The first-order valence-corrected chi connectivity index (χ1v) is 11.9. The Bertz CT molecular complexity index is 954. The van der Waals surface area contributed by atoms with E-state index in [1.807, 2.05) is 0 Å². The van der Waals surface area contributed by atoms with Crippen LogP contribution >= 0.6 is 0 Å². The van der Waals surface area contributed by atoms with E-state index in [1.165, 1.54) is 52.3 Å². The number of hydrogen-bond donors (Lipinski definition) is 0. The summed E-state index contributed by atoms with van der Waals surface area (Å²) in [6, 6.07) is 18.0. The summed E-state index contributed by atoms with van der Waals surface area (Å²) in [4.78, 5) is 0. The highest BCUT2D eigenvalue weighted by Crippen LogP contribution is 2.37. The van der Waals surface area contributed by atoms with Crippen molar-refractivity contribution in [1.82, 2.24) is 0 Å². The zero-order valence-corrected chi connectivity index (χ0v) is 20.0. The molecule has 2 aliphatic rings. The zero-order valence-electron chi connectivity index (χ0n) is 20.0. The van der Waals surface area contributed by atoms with Crippen LogP contribution in [-0.2, 0) is 19.3 Å². The Labute approximate surface area is 221 Å². The maximum Gasteiger partial charge on any atom is -0.00170 e. The van der Waals surface area contributed by atoms with Crippen LogP contribution in [0, 0.1) is 0 Å². The van der Waals surface area contributed by atoms with Crippen LogP contribution in [0.3, 0.4) is 0 Å². The Balaban J connectivity index is -0.000000306. The summed E-state index contributed by atoms with van der Waals surface area (Å²) in [6.45, 7) is 12.8. The molecule has 0 heterocycles. The van der Waals surface area contributed by atoms with Gasteiger partial charge >= 0.3 is 0 Å². The lowest BCUT2D eigenvalue weighted by Gasteiger charge is -2.25. The van der Waals surface area contributed by atoms with Crippen LogP contribution in [0.15, 0.2) is 54.6 Å². The lowest BCUT2D eigenvalue weighted by Crippen LogP contribution is -2.11. The minimum Gasteiger partial charge on any atom is -0.0795 e. The molecule has 3 aromatic carbocycles. The molecule has 0 saturated heterocycles. The largest absolute Gasteiger partial charge is 0.0795 e. The van der Waals surface area contributed by atoms with Crippen LogP contribution in [0.2, 0.25) is 0 Å². The third-order valence-electron chi connectivity index (χ3n) is 5.00. The minimum absolute atomic E-state index is 0. The van der Waals surface area contributed by atoms with Gasteiger partial charge in [-0.3, -0.25) is 0 Å². The molecule has 0 N–H and O–H groups in total. The molecule has 0 unspecified atom stereocenters. The van der Waals surface area contributed by atoms with E-state index < -0.39 is 0 Å². The van der Waals surface area contributed by atoms with Crippen molar-refractivity contribution in [1.29, 1.82) is 0 Å². The molecule has 0 atom stereocenters. The number of fused-ring (bicyclic) bond motifs is 3. The van der Waals surface area contributed by atoms with Gasteiger partial charge in [-0.2, -0.15) is 0 Å². The maximum absolute atomic E-state index is 2.42. The van der Waals surface area contributed by atoms with Gasteiger partial charge in [0.1, 0.15) is 0 Å². The lowest BCUT2D eigenvalue weighted by atomic mass is 9.79. The molecule has 0 saturated carbocycles. The summed E-state index contributed by atoms with van der Waals surface area (Å²) in [6.07, 6.45) is 11.6. The van der Waals surface area contributed by atoms with Gasteiger partial charge < -0.3 is 0 Å². The Kier molecular flexibility index (Phi) is 23.9. The van der Waals surface area contributed by atoms with E-state index >= 15 is 0 Å². The van der Waals surface area contributed by atoms with Gasteiger partial charge in [0.25, 0.3) is 0 Å². The molecule has 0 heteroatoms. The van der Waals surface area contributed by atoms with Gasteiger partial charge in [0.15, 0.2) is 0 Å². The smallest absolute Gasteiger partial charge is 0.00170 e. The first-order chi connectivity index (χ1) is 14.6. The standard InChI is InChI=1S/C21H16.3C3H8.5CH4/c1-2-6-16-13-20-18(11-15(16)5-1)12-17-9-3-7-14-8-4-10-19(20)21(14)17;3*1-3-2;;;;;/h1-9,12H,10-11,13H2;3*3H2,1-2H3;5*1H4. The number of benzene rings is 3. The van der Waals surface area contributed by atoms with Crippen LogP contribution < -0.4 is 0 Å². The van der Waals surface area contributed by atoms with Crippen LogP contribution in [0.25, 0.3) is 16.8 Å². The fourth-order valence-electron chi connectivity index (χ4n) is 4.02. The van der Waals surface area contributed by atoms with Crippen molar-refractivity contribution >= 4 is 16.8 Å². The summed E-state index contributed by atoms with van der Waals surface area (Å²) in [5.41, 5.74) is 9.07. The van der Waals surface area contributed by atoms with Crippen molar-refractivity contribution in [2.75, 3.05) is 0 Å². The average molecular weight is 481 g/mol. The molecule has 35 heavy (non-hydrogen) atoms. The molecule has 5 rings (SSSR count). The molecule has 0 aromatic heterocycles. The fourth-order valence-corrected chi connectivity index (χ4v) is 4.02. The van der Waals surface area contributed by atoms with E-state index in [0.29, 0.717) is 0 Å². The Hall–Kier alpha value is -2.34. The van der Waals surface area contributed by atoms with Crippen LogP contribution in [-0.4, -0.2) is 0 Å². The van der Waals surface area contributed by atoms with Gasteiger partial charge in [-0.05, 0) is 63.4 Å². The van der Waals surface area contributed by atoms with E-state index in [1.54, 1.807) is 11.1 Å². The van der Waals surface area contributed by atoms with E-state index in [4.69, 9.17) is 0 Å². The third kappa shape index (κ3) is 10.0. The van der Waals surface area contributed by atoms with E-state index in [2.05, 4.69) is 102 Å². The monoisotopic (exact) mass is 480 g/mol. The summed E-state index contributed by atoms with van der Waals surface area (Å²) in [7, 11) is 0. The van der Waals surface area contributed by atoms with Gasteiger partial charge in [-0.25, -0.2) is 0 Å². The van der Waals surface area contributed by atoms with E-state index in [9.17, 15) is 0 Å². The Morgan fingerprint density at radius 2 is 1.09 bits per heavy atom. The number of rotatable bonds is 0. The van der Waals surface area contributed by atoms with Gasteiger partial charge in [0.05, 0.1) is 0 Å². The molecular formula is C35H60. The van der Waals surface area contributed by atoms with E-state index in [-0.39, 0.29) is 37.1 Å². The van der Waals surface area contributed by atoms with Crippen molar-refractivity contribution in [2.45, 2.75) is 117 Å². The Morgan fingerprint density at radius 1 is 0.571 bits per heavy atom. The molecule has 200 valence electrons. The van der Waals surface area contributed by atoms with Crippen molar-refractivity contribution in [3.8, 4) is 0 Å². The topological polar surface area (TPSA) is 0 Å². The lowest BCUT2D eigenvalue weighted by molar-refractivity contribution is 0.982. The molecule has 0 radical (unpaired) electrons. The molecular weight excluding hydrogens is 420 g/mol. The number of allylic oxidation sites excluding steroid dienone is 1. The van der Waals surface area contributed by atoms with Gasteiger partial charge in [0, 0.05) is 0 Å². The molecule has 0 aliphatic heterocycles. The molecule has 2 aliphatic carbocycles. The molecule has 0 spiro atoms. The summed E-state index contributed by atoms with van der Waals surface area (Å²) in [5, 5.41) is 2.89.